The fourth-order valence-corrected chi connectivity index (χ4v) is 4.63. The van der Waals surface area contributed by atoms with Crippen LogP contribution < -0.4 is 0 Å². The molecule has 6 heteroatoms. The van der Waals surface area contributed by atoms with E-state index in [1.807, 2.05) is 23.7 Å². The predicted octanol–water partition coefficient (Wildman–Crippen LogP) is 2.43. The highest BCUT2D eigenvalue weighted by atomic mass is 32.2. The number of aromatic nitrogens is 2. The Kier molecular flexibility index (Phi) is 3.82. The highest BCUT2D eigenvalue weighted by Crippen LogP contribution is 2.36. The summed E-state index contributed by atoms with van der Waals surface area (Å²) in [6.07, 6.45) is 3.47. The lowest BCUT2D eigenvalue weighted by Crippen LogP contribution is -2.31. The maximum Gasteiger partial charge on any atom is 0.243 e. The van der Waals surface area contributed by atoms with E-state index in [1.54, 1.807) is 34.8 Å². The van der Waals surface area contributed by atoms with Gasteiger partial charge in [0.25, 0.3) is 0 Å². The SMILES string of the molecule is CCn1nccc1[C@H]1CCCN1S(=O)(=O)c1ccccc1. The molecule has 5 nitrogen and oxygen atoms in total. The molecule has 2 heterocycles. The fraction of sp³-hybridized carbons (Fsp3) is 0.400. The van der Waals surface area contributed by atoms with Gasteiger partial charge in [0, 0.05) is 19.3 Å². The molecule has 0 saturated carbocycles. The van der Waals surface area contributed by atoms with Crippen molar-refractivity contribution in [2.24, 2.45) is 0 Å². The lowest BCUT2D eigenvalue weighted by Gasteiger charge is -2.24. The number of hydrogen-bond acceptors (Lipinski definition) is 3. The average molecular weight is 305 g/mol. The highest BCUT2D eigenvalue weighted by molar-refractivity contribution is 7.89. The van der Waals surface area contributed by atoms with Crippen LogP contribution in [0.2, 0.25) is 0 Å². The van der Waals surface area contributed by atoms with E-state index >= 15 is 0 Å². The molecule has 21 heavy (non-hydrogen) atoms. The van der Waals surface area contributed by atoms with Crippen molar-refractivity contribution in [1.29, 1.82) is 0 Å². The quantitative estimate of drug-likeness (QED) is 0.871. The van der Waals surface area contributed by atoms with Gasteiger partial charge in [-0.05, 0) is 38.0 Å². The van der Waals surface area contributed by atoms with Crippen LogP contribution in [0.15, 0.2) is 47.5 Å². The van der Waals surface area contributed by atoms with Gasteiger partial charge in [-0.3, -0.25) is 4.68 Å². The first-order valence-electron chi connectivity index (χ1n) is 7.23. The number of rotatable bonds is 4. The first-order chi connectivity index (χ1) is 10.1. The lowest BCUT2D eigenvalue weighted by molar-refractivity contribution is 0.376. The van der Waals surface area contributed by atoms with Crippen LogP contribution in [-0.4, -0.2) is 29.0 Å². The van der Waals surface area contributed by atoms with Gasteiger partial charge < -0.3 is 0 Å². The Morgan fingerprint density at radius 2 is 2.00 bits per heavy atom. The predicted molar refractivity (Wildman–Crippen MR) is 80.2 cm³/mol. The van der Waals surface area contributed by atoms with Crippen LogP contribution in [0.1, 0.15) is 31.5 Å². The topological polar surface area (TPSA) is 55.2 Å². The minimum absolute atomic E-state index is 0.113. The van der Waals surface area contributed by atoms with E-state index in [9.17, 15) is 8.42 Å². The van der Waals surface area contributed by atoms with Crippen molar-refractivity contribution in [1.82, 2.24) is 14.1 Å². The minimum atomic E-state index is -3.45. The van der Waals surface area contributed by atoms with Crippen LogP contribution in [0.5, 0.6) is 0 Å². The molecule has 1 aromatic carbocycles. The molecule has 0 aliphatic carbocycles. The summed E-state index contributed by atoms with van der Waals surface area (Å²) in [6.45, 7) is 3.33. The molecule has 1 fully saturated rings. The van der Waals surface area contributed by atoms with Crippen LogP contribution in [0.25, 0.3) is 0 Å². The molecule has 0 unspecified atom stereocenters. The van der Waals surface area contributed by atoms with Crippen molar-refractivity contribution < 1.29 is 8.42 Å². The van der Waals surface area contributed by atoms with E-state index in [4.69, 9.17) is 0 Å². The van der Waals surface area contributed by atoms with Gasteiger partial charge in [0.1, 0.15) is 0 Å². The van der Waals surface area contributed by atoms with Crippen molar-refractivity contribution in [3.8, 4) is 0 Å². The van der Waals surface area contributed by atoms with Crippen LogP contribution in [0.3, 0.4) is 0 Å². The van der Waals surface area contributed by atoms with Gasteiger partial charge in [0.05, 0.1) is 16.6 Å². The highest BCUT2D eigenvalue weighted by Gasteiger charge is 2.37. The van der Waals surface area contributed by atoms with Crippen LogP contribution >= 0.6 is 0 Å². The van der Waals surface area contributed by atoms with E-state index < -0.39 is 10.0 Å². The summed E-state index contributed by atoms with van der Waals surface area (Å²) in [4.78, 5) is 0.361. The molecule has 1 aliphatic rings. The molecule has 1 atom stereocenters. The Labute approximate surface area is 125 Å². The Hall–Kier alpha value is -1.66. The maximum absolute atomic E-state index is 12.8. The normalized spacial score (nSPS) is 20.0. The lowest BCUT2D eigenvalue weighted by atomic mass is 10.1. The molecule has 2 aromatic rings. The number of hydrogen-bond donors (Lipinski definition) is 0. The van der Waals surface area contributed by atoms with Crippen molar-refractivity contribution >= 4 is 10.0 Å². The van der Waals surface area contributed by atoms with Crippen LogP contribution in [0.4, 0.5) is 0 Å². The molecule has 0 radical (unpaired) electrons. The van der Waals surface area contributed by atoms with E-state index in [0.29, 0.717) is 11.4 Å². The van der Waals surface area contributed by atoms with Crippen LogP contribution in [0, 0.1) is 0 Å². The maximum atomic E-state index is 12.8. The molecule has 0 N–H and O–H groups in total. The molecule has 0 amide bonds. The number of benzene rings is 1. The molecule has 1 aromatic heterocycles. The zero-order valence-electron chi connectivity index (χ0n) is 12.0. The van der Waals surface area contributed by atoms with Crippen LogP contribution in [-0.2, 0) is 16.6 Å². The average Bonchev–Trinajstić information content (AvgIpc) is 3.16. The summed E-state index contributed by atoms with van der Waals surface area (Å²) in [7, 11) is -3.45. The van der Waals surface area contributed by atoms with Crippen molar-refractivity contribution in [3.05, 3.63) is 48.3 Å². The molecule has 1 saturated heterocycles. The Bertz CT molecular complexity index is 710. The first kappa shape index (κ1) is 14.3. The van der Waals surface area contributed by atoms with Gasteiger partial charge in [-0.2, -0.15) is 9.40 Å². The third-order valence-electron chi connectivity index (χ3n) is 3.94. The molecular weight excluding hydrogens is 286 g/mol. The molecule has 0 spiro atoms. The zero-order valence-corrected chi connectivity index (χ0v) is 12.8. The van der Waals surface area contributed by atoms with Gasteiger partial charge >= 0.3 is 0 Å². The van der Waals surface area contributed by atoms with Gasteiger partial charge in [0.2, 0.25) is 10.0 Å². The number of aryl methyl sites for hydroxylation is 1. The summed E-state index contributed by atoms with van der Waals surface area (Å²) in [5.74, 6) is 0. The largest absolute Gasteiger partial charge is 0.268 e. The number of sulfonamides is 1. The molecule has 0 bridgehead atoms. The van der Waals surface area contributed by atoms with Gasteiger partial charge in [-0.1, -0.05) is 18.2 Å². The summed E-state index contributed by atoms with van der Waals surface area (Å²) in [5.41, 5.74) is 0.981. The second-order valence-corrected chi connectivity index (χ2v) is 7.05. The Morgan fingerprint density at radius 1 is 1.24 bits per heavy atom. The van der Waals surface area contributed by atoms with Crippen molar-refractivity contribution in [3.63, 3.8) is 0 Å². The van der Waals surface area contributed by atoms with E-state index in [0.717, 1.165) is 25.1 Å². The summed E-state index contributed by atoms with van der Waals surface area (Å²) in [6, 6.07) is 10.5. The van der Waals surface area contributed by atoms with E-state index in [-0.39, 0.29) is 6.04 Å². The van der Waals surface area contributed by atoms with Gasteiger partial charge in [-0.15, -0.1) is 0 Å². The first-order valence-corrected chi connectivity index (χ1v) is 8.67. The fourth-order valence-electron chi connectivity index (χ4n) is 2.94. The summed E-state index contributed by atoms with van der Waals surface area (Å²) < 4.78 is 29.2. The standard InChI is InChI=1S/C15H19N3O2S/c1-2-17-14(10-11-16-17)15-9-6-12-18(15)21(19,20)13-7-4-3-5-8-13/h3-5,7-8,10-11,15H,2,6,9,12H2,1H3/t15-/m1/s1. The summed E-state index contributed by atoms with van der Waals surface area (Å²) in [5, 5.41) is 4.26. The minimum Gasteiger partial charge on any atom is -0.268 e. The summed E-state index contributed by atoms with van der Waals surface area (Å²) >= 11 is 0. The monoisotopic (exact) mass is 305 g/mol. The second kappa shape index (κ2) is 5.61. The van der Waals surface area contributed by atoms with Crippen molar-refractivity contribution in [2.45, 2.75) is 37.2 Å². The van der Waals surface area contributed by atoms with E-state index in [2.05, 4.69) is 5.10 Å². The molecular formula is C15H19N3O2S. The van der Waals surface area contributed by atoms with Gasteiger partial charge in [-0.25, -0.2) is 8.42 Å². The van der Waals surface area contributed by atoms with E-state index in [1.165, 1.54) is 0 Å². The third-order valence-corrected chi connectivity index (χ3v) is 5.87. The molecule has 112 valence electrons. The Morgan fingerprint density at radius 3 is 2.71 bits per heavy atom. The number of nitrogens with zero attached hydrogens (tertiary/aromatic N) is 3. The Balaban J connectivity index is 1.98. The second-order valence-electron chi connectivity index (χ2n) is 5.16. The smallest absolute Gasteiger partial charge is 0.243 e. The molecule has 1 aliphatic heterocycles. The van der Waals surface area contributed by atoms with Crippen molar-refractivity contribution in [2.75, 3.05) is 6.54 Å². The molecule has 3 rings (SSSR count). The zero-order chi connectivity index (χ0) is 14.9. The third kappa shape index (κ3) is 2.49. The van der Waals surface area contributed by atoms with Gasteiger partial charge in [0.15, 0.2) is 0 Å².